The molecule has 3 aliphatic heterocycles. The van der Waals surface area contributed by atoms with Crippen LogP contribution in [-0.4, -0.2) is 60.1 Å². The smallest absolute Gasteiger partial charge is 0.251 e. The largest absolute Gasteiger partial charge is 0.363 e. The van der Waals surface area contributed by atoms with Crippen LogP contribution in [-0.2, 0) is 9.53 Å². The Balaban J connectivity index is 1.55. The van der Waals surface area contributed by atoms with Crippen molar-refractivity contribution in [3.63, 3.8) is 0 Å². The molecular weight excluding hydrogens is 264 g/mol. The van der Waals surface area contributed by atoms with Crippen LogP contribution in [0.15, 0.2) is 12.7 Å². The Labute approximate surface area is 128 Å². The summed E-state index contributed by atoms with van der Waals surface area (Å²) in [4.78, 5) is 17.1. The van der Waals surface area contributed by atoms with Crippen molar-refractivity contribution in [2.45, 2.75) is 57.3 Å². The number of likely N-dealkylation sites (tertiary alicyclic amines) is 2. The predicted octanol–water partition coefficient (Wildman–Crippen LogP) is 2.05. The fourth-order valence-electron chi connectivity index (χ4n) is 4.02. The molecule has 0 unspecified atom stereocenters. The van der Waals surface area contributed by atoms with E-state index in [9.17, 15) is 4.79 Å². The van der Waals surface area contributed by atoms with Crippen molar-refractivity contribution in [1.29, 1.82) is 0 Å². The number of carbonyl (C=O) groups excluding carboxylic acids is 1. The first-order valence-electron chi connectivity index (χ1n) is 8.48. The van der Waals surface area contributed by atoms with E-state index >= 15 is 0 Å². The zero-order chi connectivity index (χ0) is 14.8. The minimum absolute atomic E-state index is 0.191. The van der Waals surface area contributed by atoms with Gasteiger partial charge in [-0.15, -0.1) is 6.58 Å². The number of amides is 1. The lowest BCUT2D eigenvalue weighted by atomic mass is 9.96. The fraction of sp³-hybridized carbons (Fsp3) is 0.824. The van der Waals surface area contributed by atoms with Gasteiger partial charge in [0.1, 0.15) is 6.10 Å². The SMILES string of the molecule is C=CCN1CC[C@@H]2O[C@H](C(=O)N3CCC(C)CC3)CC[C@@H]21. The van der Waals surface area contributed by atoms with Crippen LogP contribution in [0.2, 0.25) is 0 Å². The molecule has 0 saturated carbocycles. The van der Waals surface area contributed by atoms with Gasteiger partial charge in [0.15, 0.2) is 0 Å². The molecule has 21 heavy (non-hydrogen) atoms. The zero-order valence-electron chi connectivity index (χ0n) is 13.2. The number of ether oxygens (including phenoxy) is 1. The molecule has 118 valence electrons. The molecule has 3 heterocycles. The Morgan fingerprint density at radius 3 is 2.67 bits per heavy atom. The van der Waals surface area contributed by atoms with Gasteiger partial charge in [-0.05, 0) is 38.0 Å². The lowest BCUT2D eigenvalue weighted by Crippen LogP contribution is -2.50. The first-order valence-corrected chi connectivity index (χ1v) is 8.48. The van der Waals surface area contributed by atoms with Gasteiger partial charge in [0.05, 0.1) is 6.10 Å². The van der Waals surface area contributed by atoms with E-state index in [1.807, 2.05) is 11.0 Å². The molecule has 0 spiro atoms. The Morgan fingerprint density at radius 1 is 1.19 bits per heavy atom. The van der Waals surface area contributed by atoms with Gasteiger partial charge in [0.25, 0.3) is 5.91 Å². The normalized spacial score (nSPS) is 34.7. The molecule has 3 fully saturated rings. The van der Waals surface area contributed by atoms with E-state index in [1.165, 1.54) is 0 Å². The van der Waals surface area contributed by atoms with Crippen LogP contribution in [0.3, 0.4) is 0 Å². The van der Waals surface area contributed by atoms with E-state index in [1.54, 1.807) is 0 Å². The summed E-state index contributed by atoms with van der Waals surface area (Å²) < 4.78 is 6.16. The monoisotopic (exact) mass is 292 g/mol. The first kappa shape index (κ1) is 15.0. The molecule has 0 aromatic rings. The van der Waals surface area contributed by atoms with E-state index < -0.39 is 0 Å². The van der Waals surface area contributed by atoms with Crippen molar-refractivity contribution in [2.75, 3.05) is 26.2 Å². The molecule has 4 heteroatoms. The van der Waals surface area contributed by atoms with Gasteiger partial charge in [-0.25, -0.2) is 0 Å². The summed E-state index contributed by atoms with van der Waals surface area (Å²) >= 11 is 0. The summed E-state index contributed by atoms with van der Waals surface area (Å²) in [6, 6.07) is 0.494. The van der Waals surface area contributed by atoms with E-state index in [0.717, 1.165) is 64.2 Å². The Bertz CT molecular complexity index is 390. The van der Waals surface area contributed by atoms with Gasteiger partial charge in [-0.1, -0.05) is 13.0 Å². The minimum Gasteiger partial charge on any atom is -0.363 e. The number of rotatable bonds is 3. The third kappa shape index (κ3) is 3.16. The lowest BCUT2D eigenvalue weighted by Gasteiger charge is -2.38. The van der Waals surface area contributed by atoms with Crippen LogP contribution in [0.5, 0.6) is 0 Å². The van der Waals surface area contributed by atoms with E-state index in [-0.39, 0.29) is 18.1 Å². The van der Waals surface area contributed by atoms with Gasteiger partial charge in [0, 0.05) is 32.2 Å². The quantitative estimate of drug-likeness (QED) is 0.746. The third-order valence-corrected chi connectivity index (χ3v) is 5.40. The minimum atomic E-state index is -0.191. The summed E-state index contributed by atoms with van der Waals surface area (Å²) in [7, 11) is 0. The predicted molar refractivity (Wildman–Crippen MR) is 83.0 cm³/mol. The maximum atomic E-state index is 12.6. The lowest BCUT2D eigenvalue weighted by molar-refractivity contribution is -0.155. The van der Waals surface area contributed by atoms with Crippen LogP contribution in [0, 0.1) is 5.92 Å². The molecule has 0 aromatic carbocycles. The molecule has 3 atom stereocenters. The van der Waals surface area contributed by atoms with Gasteiger partial charge < -0.3 is 9.64 Å². The van der Waals surface area contributed by atoms with E-state index in [2.05, 4.69) is 18.4 Å². The highest BCUT2D eigenvalue weighted by atomic mass is 16.5. The highest BCUT2D eigenvalue weighted by Gasteiger charge is 2.42. The Hall–Kier alpha value is -0.870. The maximum absolute atomic E-state index is 12.6. The molecule has 0 aromatic heterocycles. The van der Waals surface area contributed by atoms with E-state index in [0.29, 0.717) is 6.04 Å². The molecule has 0 radical (unpaired) electrons. The number of piperidine rings is 1. The molecule has 0 bridgehead atoms. The fourth-order valence-corrected chi connectivity index (χ4v) is 4.02. The molecule has 3 saturated heterocycles. The molecule has 3 rings (SSSR count). The average Bonchev–Trinajstić information content (AvgIpc) is 2.90. The maximum Gasteiger partial charge on any atom is 0.251 e. The molecule has 4 nitrogen and oxygen atoms in total. The number of carbonyl (C=O) groups is 1. The summed E-state index contributed by atoms with van der Waals surface area (Å²) in [6.07, 6.45) is 7.31. The second-order valence-electron chi connectivity index (χ2n) is 6.89. The van der Waals surface area contributed by atoms with Crippen molar-refractivity contribution in [2.24, 2.45) is 5.92 Å². The number of fused-ring (bicyclic) bond motifs is 1. The molecular formula is C17H28N2O2. The summed E-state index contributed by atoms with van der Waals surface area (Å²) in [5.74, 6) is 0.996. The van der Waals surface area contributed by atoms with Crippen LogP contribution in [0.25, 0.3) is 0 Å². The summed E-state index contributed by atoms with van der Waals surface area (Å²) in [5.41, 5.74) is 0. The van der Waals surface area contributed by atoms with Gasteiger partial charge in [0.2, 0.25) is 0 Å². The van der Waals surface area contributed by atoms with Crippen LogP contribution >= 0.6 is 0 Å². The first-order chi connectivity index (χ1) is 10.2. The highest BCUT2D eigenvalue weighted by molar-refractivity contribution is 5.81. The van der Waals surface area contributed by atoms with E-state index in [4.69, 9.17) is 4.74 Å². The second-order valence-corrected chi connectivity index (χ2v) is 6.89. The summed E-state index contributed by atoms with van der Waals surface area (Å²) in [6.45, 7) is 9.94. The van der Waals surface area contributed by atoms with Gasteiger partial charge in [-0.2, -0.15) is 0 Å². The third-order valence-electron chi connectivity index (χ3n) is 5.40. The van der Waals surface area contributed by atoms with Crippen molar-refractivity contribution in [3.05, 3.63) is 12.7 Å². The van der Waals surface area contributed by atoms with Gasteiger partial charge >= 0.3 is 0 Å². The van der Waals surface area contributed by atoms with Crippen molar-refractivity contribution >= 4 is 5.91 Å². The highest BCUT2D eigenvalue weighted by Crippen LogP contribution is 2.32. The zero-order valence-corrected chi connectivity index (χ0v) is 13.2. The number of nitrogens with zero attached hydrogens (tertiary/aromatic N) is 2. The van der Waals surface area contributed by atoms with Crippen LogP contribution in [0.1, 0.15) is 39.0 Å². The average molecular weight is 292 g/mol. The second kappa shape index (κ2) is 6.49. The molecule has 0 N–H and O–H groups in total. The Morgan fingerprint density at radius 2 is 1.95 bits per heavy atom. The number of hydrogen-bond acceptors (Lipinski definition) is 3. The standard InChI is InChI=1S/C17H28N2O2/c1-3-9-18-12-8-15-14(18)4-5-16(21-15)17(20)19-10-6-13(2)7-11-19/h3,13-16H,1,4-12H2,2H3/t14-,15-,16-/m0/s1. The van der Waals surface area contributed by atoms with Crippen LogP contribution in [0.4, 0.5) is 0 Å². The van der Waals surface area contributed by atoms with Crippen molar-refractivity contribution in [3.8, 4) is 0 Å². The Kier molecular flexibility index (Phi) is 4.65. The van der Waals surface area contributed by atoms with Crippen molar-refractivity contribution < 1.29 is 9.53 Å². The molecule has 0 aliphatic carbocycles. The topological polar surface area (TPSA) is 32.8 Å². The van der Waals surface area contributed by atoms with Crippen molar-refractivity contribution in [1.82, 2.24) is 9.80 Å². The van der Waals surface area contributed by atoms with Crippen LogP contribution < -0.4 is 0 Å². The summed E-state index contributed by atoms with van der Waals surface area (Å²) in [5, 5.41) is 0. The molecule has 3 aliphatic rings. The number of hydrogen-bond donors (Lipinski definition) is 0. The molecule has 1 amide bonds. The van der Waals surface area contributed by atoms with Gasteiger partial charge in [-0.3, -0.25) is 9.69 Å².